The van der Waals surface area contributed by atoms with Crippen molar-refractivity contribution in [2.75, 3.05) is 13.1 Å². The largest absolute Gasteiger partial charge is 0.480 e. The highest BCUT2D eigenvalue weighted by molar-refractivity contribution is 5.80. The number of amides is 1. The Labute approximate surface area is 104 Å². The Morgan fingerprint density at radius 3 is 2.56 bits per heavy atom. The van der Waals surface area contributed by atoms with Gasteiger partial charge in [0, 0.05) is 0 Å². The van der Waals surface area contributed by atoms with E-state index in [2.05, 4.69) is 10.6 Å². The molecule has 0 saturated heterocycles. The second-order valence-corrected chi connectivity index (χ2v) is 3.50. The summed E-state index contributed by atoms with van der Waals surface area (Å²) in [5.41, 5.74) is 0.568. The molecule has 1 unspecified atom stereocenters. The molecule has 0 aromatic heterocycles. The number of hydrogen-bond acceptors (Lipinski definition) is 4. The number of nitrogens with one attached hydrogen (secondary N) is 2. The molecule has 0 aliphatic heterocycles. The van der Waals surface area contributed by atoms with Crippen LogP contribution in [0.5, 0.6) is 0 Å². The normalized spacial score (nSPS) is 11.3. The molecule has 1 amide bonds. The smallest absolute Gasteiger partial charge is 0.325 e. The van der Waals surface area contributed by atoms with Crippen molar-refractivity contribution in [3.8, 4) is 6.07 Å². The molecule has 1 aromatic rings. The van der Waals surface area contributed by atoms with Crippen LogP contribution in [0.1, 0.15) is 11.6 Å². The van der Waals surface area contributed by atoms with Crippen LogP contribution in [-0.2, 0) is 9.59 Å². The van der Waals surface area contributed by atoms with Gasteiger partial charge in [0.25, 0.3) is 0 Å². The molecule has 18 heavy (non-hydrogen) atoms. The van der Waals surface area contributed by atoms with Crippen LogP contribution in [0.4, 0.5) is 0 Å². The van der Waals surface area contributed by atoms with E-state index in [1.807, 2.05) is 0 Å². The fourth-order valence-corrected chi connectivity index (χ4v) is 1.39. The van der Waals surface area contributed by atoms with Crippen molar-refractivity contribution in [3.63, 3.8) is 0 Å². The highest BCUT2D eigenvalue weighted by Gasteiger charge is 2.19. The van der Waals surface area contributed by atoms with Crippen LogP contribution < -0.4 is 10.6 Å². The molecule has 0 radical (unpaired) electrons. The molecule has 3 N–H and O–H groups in total. The fourth-order valence-electron chi connectivity index (χ4n) is 1.39. The maximum absolute atomic E-state index is 11.2. The number of nitrogens with zero attached hydrogens (tertiary/aromatic N) is 1. The summed E-state index contributed by atoms with van der Waals surface area (Å²) in [6, 6.07) is 9.38. The highest BCUT2D eigenvalue weighted by atomic mass is 16.4. The summed E-state index contributed by atoms with van der Waals surface area (Å²) in [6.07, 6.45) is 0. The van der Waals surface area contributed by atoms with Crippen LogP contribution in [0.25, 0.3) is 0 Å². The summed E-state index contributed by atoms with van der Waals surface area (Å²) in [6.45, 7) is -0.253. The first-order valence-electron chi connectivity index (χ1n) is 5.30. The quantitative estimate of drug-likeness (QED) is 0.616. The maximum Gasteiger partial charge on any atom is 0.325 e. The van der Waals surface area contributed by atoms with Crippen molar-refractivity contribution in [3.05, 3.63) is 35.9 Å². The molecule has 0 spiro atoms. The number of aliphatic carboxylic acids is 1. The van der Waals surface area contributed by atoms with Gasteiger partial charge in [-0.15, -0.1) is 0 Å². The van der Waals surface area contributed by atoms with Gasteiger partial charge >= 0.3 is 5.97 Å². The van der Waals surface area contributed by atoms with Gasteiger partial charge in [-0.1, -0.05) is 30.3 Å². The van der Waals surface area contributed by atoms with Crippen LogP contribution in [0, 0.1) is 11.3 Å². The van der Waals surface area contributed by atoms with Gasteiger partial charge in [0.2, 0.25) is 5.91 Å². The van der Waals surface area contributed by atoms with Gasteiger partial charge < -0.3 is 10.4 Å². The average molecular weight is 247 g/mol. The molecule has 0 saturated carbocycles. The molecule has 0 aliphatic carbocycles. The van der Waals surface area contributed by atoms with Gasteiger partial charge in [-0.2, -0.15) is 5.26 Å². The molecular weight excluding hydrogens is 234 g/mol. The molecule has 0 bridgehead atoms. The predicted molar refractivity (Wildman–Crippen MR) is 63.4 cm³/mol. The molecule has 0 fully saturated rings. The predicted octanol–water partition coefficient (Wildman–Crippen LogP) is 0.0417. The molecule has 6 heteroatoms. The van der Waals surface area contributed by atoms with E-state index in [0.29, 0.717) is 5.56 Å². The van der Waals surface area contributed by atoms with Crippen molar-refractivity contribution in [2.45, 2.75) is 6.04 Å². The molecular formula is C12H13N3O3. The van der Waals surface area contributed by atoms with E-state index in [9.17, 15) is 9.59 Å². The van der Waals surface area contributed by atoms with Crippen LogP contribution in [0.2, 0.25) is 0 Å². The van der Waals surface area contributed by atoms with Gasteiger partial charge in [-0.25, -0.2) is 0 Å². The first-order chi connectivity index (χ1) is 8.65. The van der Waals surface area contributed by atoms with Gasteiger partial charge in [0.15, 0.2) is 0 Å². The minimum atomic E-state index is -1.06. The minimum absolute atomic E-state index is 0.0937. The van der Waals surface area contributed by atoms with E-state index >= 15 is 0 Å². The Balaban J connectivity index is 2.58. The molecule has 1 aromatic carbocycles. The number of carboxylic acids is 1. The SMILES string of the molecule is N#CCNC(=O)CNC(C(=O)O)c1ccccc1. The fraction of sp³-hybridized carbons (Fsp3) is 0.250. The molecule has 1 atom stereocenters. The number of nitriles is 1. The number of carbonyl (C=O) groups excluding carboxylic acids is 1. The first-order valence-corrected chi connectivity index (χ1v) is 5.30. The third-order valence-corrected chi connectivity index (χ3v) is 2.21. The molecule has 6 nitrogen and oxygen atoms in total. The monoisotopic (exact) mass is 247 g/mol. The van der Waals surface area contributed by atoms with Gasteiger partial charge in [-0.3, -0.25) is 14.9 Å². The lowest BCUT2D eigenvalue weighted by Crippen LogP contribution is -2.38. The van der Waals surface area contributed by atoms with Gasteiger partial charge in [0.05, 0.1) is 12.6 Å². The van der Waals surface area contributed by atoms with Crippen molar-refractivity contribution >= 4 is 11.9 Å². The second-order valence-electron chi connectivity index (χ2n) is 3.50. The number of carboxylic acid groups (broad SMARTS) is 1. The van der Waals surface area contributed by atoms with Gasteiger partial charge in [-0.05, 0) is 5.56 Å². The molecule has 0 heterocycles. The Bertz CT molecular complexity index is 453. The lowest BCUT2D eigenvalue weighted by atomic mass is 10.1. The van der Waals surface area contributed by atoms with E-state index in [1.54, 1.807) is 36.4 Å². The number of rotatable bonds is 6. The second kappa shape index (κ2) is 7.04. The third-order valence-electron chi connectivity index (χ3n) is 2.21. The van der Waals surface area contributed by atoms with E-state index in [4.69, 9.17) is 10.4 Å². The van der Waals surface area contributed by atoms with E-state index < -0.39 is 17.9 Å². The number of benzene rings is 1. The first kappa shape index (κ1) is 13.7. The summed E-state index contributed by atoms with van der Waals surface area (Å²) in [5, 5.41) is 22.3. The zero-order chi connectivity index (χ0) is 13.4. The zero-order valence-corrected chi connectivity index (χ0v) is 9.59. The van der Waals surface area contributed by atoms with Crippen LogP contribution >= 0.6 is 0 Å². The lowest BCUT2D eigenvalue weighted by Gasteiger charge is -2.14. The topological polar surface area (TPSA) is 102 Å². The summed E-state index contributed by atoms with van der Waals surface area (Å²) >= 11 is 0. The molecule has 1 rings (SSSR count). The Kier molecular flexibility index (Phi) is 5.35. The summed E-state index contributed by atoms with van der Waals surface area (Å²) < 4.78 is 0. The number of carbonyl (C=O) groups is 2. The summed E-state index contributed by atoms with van der Waals surface area (Å²) in [7, 11) is 0. The third kappa shape index (κ3) is 4.23. The standard InChI is InChI=1S/C12H13N3O3/c13-6-7-14-10(16)8-15-11(12(17)18)9-4-2-1-3-5-9/h1-5,11,15H,7-8H2,(H,14,16)(H,17,18). The number of hydrogen-bond donors (Lipinski definition) is 3. The summed E-state index contributed by atoms with van der Waals surface area (Å²) in [5.74, 6) is -1.48. The van der Waals surface area contributed by atoms with Crippen LogP contribution in [-0.4, -0.2) is 30.1 Å². The summed E-state index contributed by atoms with van der Waals surface area (Å²) in [4.78, 5) is 22.3. The molecule has 94 valence electrons. The lowest BCUT2D eigenvalue weighted by molar-refractivity contribution is -0.139. The van der Waals surface area contributed by atoms with Gasteiger partial charge in [0.1, 0.15) is 12.6 Å². The van der Waals surface area contributed by atoms with Crippen LogP contribution in [0.3, 0.4) is 0 Å². The van der Waals surface area contributed by atoms with E-state index in [1.165, 1.54) is 0 Å². The van der Waals surface area contributed by atoms with Crippen molar-refractivity contribution < 1.29 is 14.7 Å². The van der Waals surface area contributed by atoms with Crippen molar-refractivity contribution in [1.29, 1.82) is 5.26 Å². The van der Waals surface area contributed by atoms with Crippen molar-refractivity contribution in [1.82, 2.24) is 10.6 Å². The average Bonchev–Trinajstić information content (AvgIpc) is 2.37. The van der Waals surface area contributed by atoms with E-state index in [0.717, 1.165) is 0 Å². The molecule has 0 aliphatic rings. The Morgan fingerprint density at radius 2 is 2.00 bits per heavy atom. The Hall–Kier alpha value is -2.39. The zero-order valence-electron chi connectivity index (χ0n) is 9.59. The van der Waals surface area contributed by atoms with E-state index in [-0.39, 0.29) is 13.1 Å². The maximum atomic E-state index is 11.2. The Morgan fingerprint density at radius 1 is 1.33 bits per heavy atom. The van der Waals surface area contributed by atoms with Crippen molar-refractivity contribution in [2.24, 2.45) is 0 Å². The van der Waals surface area contributed by atoms with Crippen LogP contribution in [0.15, 0.2) is 30.3 Å². The minimum Gasteiger partial charge on any atom is -0.480 e. The highest BCUT2D eigenvalue weighted by Crippen LogP contribution is 2.11.